The van der Waals surface area contributed by atoms with Crippen LogP contribution in [0.3, 0.4) is 0 Å². The Hall–Kier alpha value is -0.650. The molecular weight excluding hydrogens is 816 g/mol. The van der Waals surface area contributed by atoms with Crippen LogP contribution < -0.4 is 0 Å². The van der Waals surface area contributed by atoms with E-state index >= 15 is 0 Å². The normalized spacial score (nSPS) is 52.3. The quantitative estimate of drug-likeness (QED) is 0.0645. The average molecular weight is 871 g/mol. The summed E-state index contributed by atoms with van der Waals surface area (Å²) in [4.78, 5) is 0. The molecule has 58 heavy (non-hydrogen) atoms. The van der Waals surface area contributed by atoms with Crippen LogP contribution in [0.2, 0.25) is 0 Å². The number of hydrogen-bond donors (Lipinski definition) is 14. The second-order valence-corrected chi connectivity index (χ2v) is 15.6. The van der Waals surface area contributed by atoms with E-state index in [1.165, 1.54) is 11.8 Å². The van der Waals surface area contributed by atoms with E-state index in [-0.39, 0.29) is 0 Å². The Bertz CT molecular complexity index is 1280. The summed E-state index contributed by atoms with van der Waals surface area (Å²) < 4.78 is 60.9. The highest BCUT2D eigenvalue weighted by molar-refractivity contribution is 7.98. The van der Waals surface area contributed by atoms with E-state index in [4.69, 9.17) is 52.1 Å². The van der Waals surface area contributed by atoms with Gasteiger partial charge in [0.2, 0.25) is 0 Å². The number of ether oxygens (including phenoxy) is 11. The average Bonchev–Trinajstić information content (AvgIpc) is 3.92. The third kappa shape index (κ3) is 9.77. The molecular formula is C32H54O25S. The Morgan fingerprint density at radius 3 is 1.29 bits per heavy atom. The summed E-state index contributed by atoms with van der Waals surface area (Å²) in [5.41, 5.74) is 0. The second-order valence-electron chi connectivity index (χ2n) is 14.7. The highest BCUT2D eigenvalue weighted by Gasteiger charge is 2.54. The molecule has 6 heterocycles. The van der Waals surface area contributed by atoms with Crippen LogP contribution in [0.15, 0.2) is 0 Å². The molecule has 0 saturated carbocycles. The van der Waals surface area contributed by atoms with E-state index in [0.29, 0.717) is 5.75 Å². The van der Waals surface area contributed by atoms with Gasteiger partial charge < -0.3 is 124 Å². The summed E-state index contributed by atoms with van der Waals surface area (Å²) in [6, 6.07) is 0. The van der Waals surface area contributed by atoms with E-state index in [2.05, 4.69) is 0 Å². The molecule has 6 rings (SSSR count). The van der Waals surface area contributed by atoms with Crippen LogP contribution in [0.25, 0.3) is 0 Å². The van der Waals surface area contributed by atoms with Crippen molar-refractivity contribution in [2.24, 2.45) is 0 Å². The zero-order valence-corrected chi connectivity index (χ0v) is 31.7. The molecule has 0 radical (unpaired) electrons. The number of thioether (sulfide) groups is 1. The van der Waals surface area contributed by atoms with Crippen LogP contribution in [0.4, 0.5) is 0 Å². The first-order chi connectivity index (χ1) is 27.6. The number of rotatable bonds is 17. The Kier molecular flexibility index (Phi) is 16.3. The van der Waals surface area contributed by atoms with E-state index in [0.717, 1.165) is 0 Å². The summed E-state index contributed by atoms with van der Waals surface area (Å²) in [6.45, 7) is -3.04. The van der Waals surface area contributed by atoms with Crippen molar-refractivity contribution < 1.29 is 124 Å². The topological polar surface area (TPSA) is 385 Å². The smallest absolute Gasteiger partial charge is 0.187 e. The van der Waals surface area contributed by atoms with Gasteiger partial charge in [-0.1, -0.05) is 0 Å². The van der Waals surface area contributed by atoms with Gasteiger partial charge in [0.15, 0.2) is 37.7 Å². The van der Waals surface area contributed by atoms with Crippen molar-refractivity contribution in [3.8, 4) is 0 Å². The Labute approximate surface area is 334 Å². The molecule has 6 fully saturated rings. The molecule has 0 amide bonds. The summed E-state index contributed by atoms with van der Waals surface area (Å²) in [5, 5.41) is 145. The largest absolute Gasteiger partial charge is 0.394 e. The van der Waals surface area contributed by atoms with E-state index in [1.807, 2.05) is 0 Å². The SMILES string of the molecule is CSC[C@H]1O[C@H](O[C@H]2[C@H](O)[C@H](O)[C@@H](OC[C@H]3O[C@@H](O[C@@H]4[C@@H](OC[C@H]5O[C@H](OC[C@H]6O[C@H](O)[C@@H](O)[C@@H]6O)[C@@H](O)[C@@H]5O)O[C@H](CO)[C@H]4O)[C@@H](O)[C@@H]3O)O[C@@H]2CO)[C@H](O)[C@H]1O. The maximum atomic E-state index is 10.9. The molecule has 26 heteroatoms. The number of aliphatic hydroxyl groups is 14. The maximum absolute atomic E-state index is 10.9. The Balaban J connectivity index is 0.998. The fourth-order valence-electron chi connectivity index (χ4n) is 7.32. The monoisotopic (exact) mass is 870 g/mol. The predicted molar refractivity (Wildman–Crippen MR) is 180 cm³/mol. The molecule has 14 N–H and O–H groups in total. The Morgan fingerprint density at radius 2 is 0.776 bits per heavy atom. The molecule has 0 aromatic carbocycles. The second kappa shape index (κ2) is 20.2. The standard InChI is InChI=1S/C32H54O25S/c1-58-7-13-17(38)23(44)31(55-13)56-25-9(3-34)52-29(24(45)19(25)40)48-5-12-16(37)22(43)30(54-12)57-26-18(39)8(2-33)51-32(26)49-6-11-15(36)21(42)28(53-11)47-4-10-14(35)20(41)27(46)50-10/h8-46H,2-7H2,1H3/t8-,9-,10-,11-,12-,13-,14-,15-,16-,17+,18-,19-,20+,21+,22+,23-,24+,25-,26+,27+,28+,29+,30+,31-,32+/m1/s1. The molecule has 6 saturated heterocycles. The molecule has 6 aliphatic rings. The van der Waals surface area contributed by atoms with Crippen molar-refractivity contribution in [3.05, 3.63) is 0 Å². The van der Waals surface area contributed by atoms with E-state index in [1.54, 1.807) is 6.26 Å². The first kappa shape index (κ1) is 46.8. The lowest BCUT2D eigenvalue weighted by Gasteiger charge is -2.42. The van der Waals surface area contributed by atoms with Gasteiger partial charge in [0.25, 0.3) is 0 Å². The highest BCUT2D eigenvalue weighted by atomic mass is 32.2. The summed E-state index contributed by atoms with van der Waals surface area (Å²) in [6.07, 6.45) is -35.6. The van der Waals surface area contributed by atoms with Gasteiger partial charge >= 0.3 is 0 Å². The van der Waals surface area contributed by atoms with Crippen LogP contribution in [0.1, 0.15) is 0 Å². The fraction of sp³-hybridized carbons (Fsp3) is 1.00. The van der Waals surface area contributed by atoms with Gasteiger partial charge in [-0.2, -0.15) is 11.8 Å². The van der Waals surface area contributed by atoms with Gasteiger partial charge in [0.05, 0.1) is 39.1 Å². The summed E-state index contributed by atoms with van der Waals surface area (Å²) in [5.74, 6) is 0.323. The summed E-state index contributed by atoms with van der Waals surface area (Å²) >= 11 is 1.35. The first-order valence-corrected chi connectivity index (χ1v) is 19.9. The van der Waals surface area contributed by atoms with Crippen molar-refractivity contribution in [1.82, 2.24) is 0 Å². The first-order valence-electron chi connectivity index (χ1n) is 18.6. The third-order valence-electron chi connectivity index (χ3n) is 10.8. The van der Waals surface area contributed by atoms with Gasteiger partial charge in [-0.3, -0.25) is 0 Å². The molecule has 6 aliphatic heterocycles. The lowest BCUT2D eigenvalue weighted by Crippen LogP contribution is -2.61. The van der Waals surface area contributed by atoms with Gasteiger partial charge in [-0.15, -0.1) is 0 Å². The van der Waals surface area contributed by atoms with Crippen LogP contribution >= 0.6 is 11.8 Å². The molecule has 0 bridgehead atoms. The lowest BCUT2D eigenvalue weighted by atomic mass is 9.98. The van der Waals surface area contributed by atoms with Crippen molar-refractivity contribution in [1.29, 1.82) is 0 Å². The van der Waals surface area contributed by atoms with E-state index in [9.17, 15) is 71.5 Å². The van der Waals surface area contributed by atoms with Crippen LogP contribution in [0, 0.1) is 0 Å². The van der Waals surface area contributed by atoms with Crippen molar-refractivity contribution >= 4 is 11.8 Å². The summed E-state index contributed by atoms with van der Waals surface area (Å²) in [7, 11) is 0. The van der Waals surface area contributed by atoms with Gasteiger partial charge in [-0.05, 0) is 6.26 Å². The zero-order chi connectivity index (χ0) is 42.2. The molecule has 0 aromatic rings. The van der Waals surface area contributed by atoms with Gasteiger partial charge in [0, 0.05) is 5.75 Å². The van der Waals surface area contributed by atoms with Crippen molar-refractivity contribution in [2.45, 2.75) is 154 Å². The molecule has 0 spiro atoms. The lowest BCUT2D eigenvalue weighted by molar-refractivity contribution is -0.333. The Morgan fingerprint density at radius 1 is 0.379 bits per heavy atom. The fourth-order valence-corrected chi connectivity index (χ4v) is 7.92. The van der Waals surface area contributed by atoms with Crippen LogP contribution in [-0.2, 0) is 52.1 Å². The van der Waals surface area contributed by atoms with Crippen molar-refractivity contribution in [2.75, 3.05) is 45.0 Å². The molecule has 0 aromatic heterocycles. The molecule has 338 valence electrons. The van der Waals surface area contributed by atoms with Gasteiger partial charge in [-0.25, -0.2) is 0 Å². The predicted octanol–water partition coefficient (Wildman–Crippen LogP) is -9.53. The third-order valence-corrected chi connectivity index (χ3v) is 11.4. The van der Waals surface area contributed by atoms with Crippen molar-refractivity contribution in [3.63, 3.8) is 0 Å². The minimum atomic E-state index is -1.82. The minimum Gasteiger partial charge on any atom is -0.394 e. The molecule has 25 atom stereocenters. The molecule has 0 aliphatic carbocycles. The van der Waals surface area contributed by atoms with Crippen LogP contribution in [-0.4, -0.2) is 270 Å². The number of hydrogen-bond acceptors (Lipinski definition) is 26. The number of aliphatic hydroxyl groups excluding tert-OH is 14. The highest BCUT2D eigenvalue weighted by Crippen LogP contribution is 2.34. The minimum absolute atomic E-state index is 0.323. The van der Waals surface area contributed by atoms with Gasteiger partial charge in [0.1, 0.15) is 110 Å². The maximum Gasteiger partial charge on any atom is 0.187 e. The zero-order valence-electron chi connectivity index (χ0n) is 30.8. The molecule has 25 nitrogen and oxygen atoms in total. The van der Waals surface area contributed by atoms with Crippen LogP contribution in [0.5, 0.6) is 0 Å². The van der Waals surface area contributed by atoms with E-state index < -0.39 is 187 Å². The molecule has 0 unspecified atom stereocenters.